The van der Waals surface area contributed by atoms with Crippen molar-refractivity contribution in [2.45, 2.75) is 37.6 Å². The highest BCUT2D eigenvalue weighted by Crippen LogP contribution is 2.50. The molecular weight excluding hydrogens is 281 g/mol. The van der Waals surface area contributed by atoms with E-state index in [-0.39, 0.29) is 42.1 Å². The van der Waals surface area contributed by atoms with Crippen molar-refractivity contribution >= 4 is 5.91 Å². The van der Waals surface area contributed by atoms with Crippen LogP contribution in [0.15, 0.2) is 24.3 Å². The molecule has 0 saturated heterocycles. The summed E-state index contributed by atoms with van der Waals surface area (Å²) < 4.78 is 13.3. The monoisotopic (exact) mass is 303 g/mol. The largest absolute Gasteiger partial charge is 0.396 e. The zero-order chi connectivity index (χ0) is 15.3. The molecule has 3 aliphatic rings. The van der Waals surface area contributed by atoms with Crippen LogP contribution in [0.5, 0.6) is 0 Å². The molecule has 4 rings (SSSR count). The second-order valence-corrected chi connectivity index (χ2v) is 7.22. The van der Waals surface area contributed by atoms with Crippen molar-refractivity contribution in [3.05, 3.63) is 35.6 Å². The van der Waals surface area contributed by atoms with Crippen LogP contribution in [-0.4, -0.2) is 23.7 Å². The van der Waals surface area contributed by atoms with Crippen molar-refractivity contribution in [2.24, 2.45) is 23.7 Å². The number of benzene rings is 1. The van der Waals surface area contributed by atoms with Crippen LogP contribution in [0.3, 0.4) is 0 Å². The first-order valence-corrected chi connectivity index (χ1v) is 8.34. The molecule has 2 bridgehead atoms. The highest BCUT2D eigenvalue weighted by molar-refractivity contribution is 5.83. The normalized spacial score (nSPS) is 39.0. The predicted octanol–water partition coefficient (Wildman–Crippen LogP) is 2.45. The third-order valence-corrected chi connectivity index (χ3v) is 6.01. The molecule has 2 N–H and O–H groups in total. The fourth-order valence-electron chi connectivity index (χ4n) is 4.76. The van der Waals surface area contributed by atoms with Gasteiger partial charge in [-0.2, -0.15) is 0 Å². The van der Waals surface area contributed by atoms with Gasteiger partial charge in [-0.15, -0.1) is 0 Å². The molecular formula is C18H22FNO2. The molecule has 118 valence electrons. The average molecular weight is 303 g/mol. The Morgan fingerprint density at radius 2 is 2.09 bits per heavy atom. The van der Waals surface area contributed by atoms with E-state index in [1.807, 2.05) is 6.07 Å². The van der Waals surface area contributed by atoms with E-state index < -0.39 is 0 Å². The minimum atomic E-state index is -0.239. The molecule has 0 spiro atoms. The third-order valence-electron chi connectivity index (χ3n) is 6.01. The van der Waals surface area contributed by atoms with Crippen LogP contribution < -0.4 is 5.32 Å². The molecule has 6 atom stereocenters. The van der Waals surface area contributed by atoms with Gasteiger partial charge < -0.3 is 10.4 Å². The molecule has 1 aromatic carbocycles. The lowest BCUT2D eigenvalue weighted by atomic mass is 9.85. The van der Waals surface area contributed by atoms with Gasteiger partial charge in [0, 0.05) is 24.5 Å². The first kappa shape index (κ1) is 14.2. The maximum Gasteiger partial charge on any atom is 0.223 e. The molecule has 3 aliphatic carbocycles. The summed E-state index contributed by atoms with van der Waals surface area (Å²) in [5, 5.41) is 12.8. The van der Waals surface area contributed by atoms with E-state index in [4.69, 9.17) is 0 Å². The minimum absolute atomic E-state index is 0.0275. The number of aliphatic hydroxyl groups is 1. The lowest BCUT2D eigenvalue weighted by Gasteiger charge is -2.30. The van der Waals surface area contributed by atoms with Crippen molar-refractivity contribution in [3.63, 3.8) is 0 Å². The van der Waals surface area contributed by atoms with Crippen molar-refractivity contribution in [1.82, 2.24) is 5.32 Å². The Morgan fingerprint density at radius 1 is 1.27 bits per heavy atom. The number of nitrogens with one attached hydrogen (secondary N) is 1. The van der Waals surface area contributed by atoms with Crippen LogP contribution in [0.2, 0.25) is 0 Å². The highest BCUT2D eigenvalue weighted by Gasteiger charge is 2.50. The van der Waals surface area contributed by atoms with E-state index >= 15 is 0 Å². The van der Waals surface area contributed by atoms with Crippen LogP contribution >= 0.6 is 0 Å². The predicted molar refractivity (Wildman–Crippen MR) is 80.6 cm³/mol. The zero-order valence-corrected chi connectivity index (χ0v) is 12.5. The van der Waals surface area contributed by atoms with E-state index in [9.17, 15) is 14.3 Å². The molecule has 4 heteroatoms. The second-order valence-electron chi connectivity index (χ2n) is 7.22. The highest BCUT2D eigenvalue weighted by atomic mass is 19.1. The quantitative estimate of drug-likeness (QED) is 0.897. The van der Waals surface area contributed by atoms with E-state index in [0.717, 1.165) is 18.4 Å². The number of hydrogen-bond acceptors (Lipinski definition) is 2. The maximum absolute atomic E-state index is 13.3. The summed E-state index contributed by atoms with van der Waals surface area (Å²) in [5.74, 6) is 1.33. The molecule has 22 heavy (non-hydrogen) atoms. The van der Waals surface area contributed by atoms with Gasteiger partial charge in [-0.3, -0.25) is 4.79 Å². The lowest BCUT2D eigenvalue weighted by Crippen LogP contribution is -2.45. The number of hydrogen-bond donors (Lipinski definition) is 2. The van der Waals surface area contributed by atoms with Crippen molar-refractivity contribution in [3.8, 4) is 0 Å². The molecule has 3 saturated carbocycles. The zero-order valence-electron chi connectivity index (χ0n) is 12.5. The number of carbonyl (C=O) groups is 1. The Hall–Kier alpha value is -1.42. The van der Waals surface area contributed by atoms with Crippen LogP contribution in [0.1, 0.15) is 37.2 Å². The number of halogens is 1. The fourth-order valence-corrected chi connectivity index (χ4v) is 4.76. The van der Waals surface area contributed by atoms with Gasteiger partial charge in [-0.25, -0.2) is 4.39 Å². The summed E-state index contributed by atoms with van der Waals surface area (Å²) >= 11 is 0. The molecule has 1 aromatic rings. The van der Waals surface area contributed by atoms with E-state index in [2.05, 4.69) is 5.32 Å². The maximum atomic E-state index is 13.3. The van der Waals surface area contributed by atoms with Crippen LogP contribution in [0, 0.1) is 29.5 Å². The number of carbonyl (C=O) groups excluding carboxylic acids is 1. The van der Waals surface area contributed by atoms with E-state index in [1.54, 1.807) is 6.07 Å². The van der Waals surface area contributed by atoms with Gasteiger partial charge in [0.1, 0.15) is 5.82 Å². The number of fused-ring (bicyclic) bond motifs is 2. The van der Waals surface area contributed by atoms with Crippen LogP contribution in [-0.2, 0) is 4.79 Å². The first-order valence-electron chi connectivity index (χ1n) is 8.34. The molecule has 6 unspecified atom stereocenters. The van der Waals surface area contributed by atoms with Gasteiger partial charge in [0.15, 0.2) is 0 Å². The summed E-state index contributed by atoms with van der Waals surface area (Å²) in [6, 6.07) is 6.71. The Bertz CT molecular complexity index is 590. The topological polar surface area (TPSA) is 49.3 Å². The van der Waals surface area contributed by atoms with Gasteiger partial charge in [-0.1, -0.05) is 12.1 Å². The Labute approximate surface area is 129 Å². The number of rotatable bonds is 4. The average Bonchev–Trinajstić information content (AvgIpc) is 3.08. The summed E-state index contributed by atoms with van der Waals surface area (Å²) in [6.45, 7) is 0.171. The Balaban J connectivity index is 1.40. The van der Waals surface area contributed by atoms with Crippen molar-refractivity contribution in [2.75, 3.05) is 6.61 Å². The summed E-state index contributed by atoms with van der Waals surface area (Å²) in [6.07, 6.45) is 4.32. The minimum Gasteiger partial charge on any atom is -0.396 e. The summed E-state index contributed by atoms with van der Waals surface area (Å²) in [7, 11) is 0. The summed E-state index contributed by atoms with van der Waals surface area (Å²) in [5.41, 5.74) is 0.923. The second kappa shape index (κ2) is 5.34. The smallest absolute Gasteiger partial charge is 0.223 e. The van der Waals surface area contributed by atoms with Gasteiger partial charge in [0.05, 0.1) is 0 Å². The number of aliphatic hydroxyl groups excluding tert-OH is 1. The lowest BCUT2D eigenvalue weighted by molar-refractivity contribution is -0.124. The van der Waals surface area contributed by atoms with Gasteiger partial charge in [-0.05, 0) is 61.1 Å². The molecule has 3 nitrogen and oxygen atoms in total. The third kappa shape index (κ3) is 2.34. The van der Waals surface area contributed by atoms with Crippen molar-refractivity contribution < 1.29 is 14.3 Å². The van der Waals surface area contributed by atoms with E-state index in [1.165, 1.54) is 25.0 Å². The van der Waals surface area contributed by atoms with E-state index in [0.29, 0.717) is 11.8 Å². The summed E-state index contributed by atoms with van der Waals surface area (Å²) in [4.78, 5) is 12.5. The standard InChI is InChI=1S/C18H22FNO2/c19-13-3-1-2-10(7-13)14-8-15(14)18(22)20-17-12-5-4-11(6-12)16(17)9-21/h1-3,7,11-12,14-17,21H,4-6,8-9H2,(H,20,22). The van der Waals surface area contributed by atoms with Crippen molar-refractivity contribution in [1.29, 1.82) is 0 Å². The molecule has 0 aliphatic heterocycles. The molecule has 1 amide bonds. The molecule has 3 fully saturated rings. The molecule has 0 heterocycles. The fraction of sp³-hybridized carbons (Fsp3) is 0.611. The first-order chi connectivity index (χ1) is 10.7. The Kier molecular flexibility index (Phi) is 3.44. The van der Waals surface area contributed by atoms with Gasteiger partial charge in [0.25, 0.3) is 0 Å². The SMILES string of the molecule is O=C(NC1C2CCC(C2)C1CO)C1CC1c1cccc(F)c1. The number of amides is 1. The van der Waals surface area contributed by atoms with Crippen LogP contribution in [0.4, 0.5) is 4.39 Å². The molecule has 0 aromatic heterocycles. The molecule has 0 radical (unpaired) electrons. The van der Waals surface area contributed by atoms with Gasteiger partial charge >= 0.3 is 0 Å². The Morgan fingerprint density at radius 3 is 2.86 bits per heavy atom. The van der Waals surface area contributed by atoms with Gasteiger partial charge in [0.2, 0.25) is 5.91 Å². The van der Waals surface area contributed by atoms with Crippen LogP contribution in [0.25, 0.3) is 0 Å².